The minimum Gasteiger partial charge on any atom is -0.452 e. The Kier molecular flexibility index (Phi) is 5.60. The van der Waals surface area contributed by atoms with E-state index < -0.39 is 11.9 Å². The monoisotopic (exact) mass is 361 g/mol. The quantitative estimate of drug-likeness (QED) is 0.673. The number of hydrogen-bond acceptors (Lipinski definition) is 6. The zero-order valence-electron chi connectivity index (χ0n) is 14.2. The number of esters is 1. The maximum Gasteiger partial charge on any atom is 0.338 e. The number of rotatable bonds is 6. The summed E-state index contributed by atoms with van der Waals surface area (Å²) >= 11 is 0. The van der Waals surface area contributed by atoms with Crippen molar-refractivity contribution in [1.82, 2.24) is 4.98 Å². The summed E-state index contributed by atoms with van der Waals surface area (Å²) in [5, 5.41) is 11.0. The van der Waals surface area contributed by atoms with Gasteiger partial charge in [-0.1, -0.05) is 30.3 Å². The van der Waals surface area contributed by atoms with Gasteiger partial charge in [-0.15, -0.1) is 0 Å². The van der Waals surface area contributed by atoms with E-state index in [1.807, 2.05) is 30.3 Å². The standard InChI is InChI=1S/C20H15N3O4/c21-11-10-18(24)23-16-8-6-15(7-9-16)20(25)26-13-19-22-12-17(27-19)14-4-2-1-3-5-14/h1-9,12H,10,13H2,(H,23,24). The Morgan fingerprint density at radius 3 is 2.56 bits per heavy atom. The van der Waals surface area contributed by atoms with Gasteiger partial charge in [-0.2, -0.15) is 5.26 Å². The number of carbonyl (C=O) groups is 2. The Hall–Kier alpha value is -3.92. The van der Waals surface area contributed by atoms with Gasteiger partial charge in [0.05, 0.1) is 17.8 Å². The molecule has 0 fully saturated rings. The average molecular weight is 361 g/mol. The maximum absolute atomic E-state index is 12.1. The van der Waals surface area contributed by atoms with Crippen LogP contribution in [0, 0.1) is 11.3 Å². The van der Waals surface area contributed by atoms with Crippen molar-refractivity contribution in [2.45, 2.75) is 13.0 Å². The van der Waals surface area contributed by atoms with Gasteiger partial charge in [-0.3, -0.25) is 4.79 Å². The predicted octanol–water partition coefficient (Wildman–Crippen LogP) is 3.55. The topological polar surface area (TPSA) is 105 Å². The highest BCUT2D eigenvalue weighted by Crippen LogP contribution is 2.20. The number of amides is 1. The molecule has 7 heteroatoms. The number of benzene rings is 2. The van der Waals surface area contributed by atoms with Crippen LogP contribution in [0.3, 0.4) is 0 Å². The van der Waals surface area contributed by atoms with Gasteiger partial charge in [-0.25, -0.2) is 9.78 Å². The molecule has 27 heavy (non-hydrogen) atoms. The summed E-state index contributed by atoms with van der Waals surface area (Å²) in [5.41, 5.74) is 1.70. The van der Waals surface area contributed by atoms with Crippen molar-refractivity contribution >= 4 is 17.6 Å². The van der Waals surface area contributed by atoms with Crippen LogP contribution in [-0.4, -0.2) is 16.9 Å². The van der Waals surface area contributed by atoms with Gasteiger partial charge in [0.25, 0.3) is 0 Å². The first-order valence-corrected chi connectivity index (χ1v) is 8.10. The van der Waals surface area contributed by atoms with Gasteiger partial charge in [0, 0.05) is 11.3 Å². The first-order valence-electron chi connectivity index (χ1n) is 8.10. The van der Waals surface area contributed by atoms with Gasteiger partial charge in [0.1, 0.15) is 6.42 Å². The van der Waals surface area contributed by atoms with Crippen molar-refractivity contribution in [2.24, 2.45) is 0 Å². The first kappa shape index (κ1) is 17.9. The molecule has 3 rings (SSSR count). The van der Waals surface area contributed by atoms with E-state index >= 15 is 0 Å². The molecule has 1 N–H and O–H groups in total. The first-order chi connectivity index (χ1) is 13.2. The summed E-state index contributed by atoms with van der Waals surface area (Å²) in [6, 6.07) is 17.4. The Bertz CT molecular complexity index is 972. The van der Waals surface area contributed by atoms with Crippen LogP contribution in [0.1, 0.15) is 22.7 Å². The van der Waals surface area contributed by atoms with Crippen LogP contribution >= 0.6 is 0 Å². The number of aromatic nitrogens is 1. The molecular formula is C20H15N3O4. The van der Waals surface area contributed by atoms with Crippen LogP contribution < -0.4 is 5.32 Å². The molecule has 2 aromatic carbocycles. The average Bonchev–Trinajstić information content (AvgIpc) is 3.17. The molecule has 0 bridgehead atoms. The molecule has 1 amide bonds. The fraction of sp³-hybridized carbons (Fsp3) is 0.100. The van der Waals surface area contributed by atoms with Crippen LogP contribution in [0.5, 0.6) is 0 Å². The van der Waals surface area contributed by atoms with Gasteiger partial charge < -0.3 is 14.5 Å². The fourth-order valence-corrected chi connectivity index (χ4v) is 2.29. The molecule has 0 spiro atoms. The van der Waals surface area contributed by atoms with Crippen molar-refractivity contribution in [3.05, 3.63) is 72.2 Å². The van der Waals surface area contributed by atoms with Gasteiger partial charge in [0.15, 0.2) is 12.4 Å². The van der Waals surface area contributed by atoms with E-state index in [-0.39, 0.29) is 13.0 Å². The Morgan fingerprint density at radius 1 is 1.11 bits per heavy atom. The molecule has 0 saturated carbocycles. The third kappa shape index (κ3) is 4.80. The van der Waals surface area contributed by atoms with Crippen LogP contribution in [0.4, 0.5) is 5.69 Å². The van der Waals surface area contributed by atoms with Crippen molar-refractivity contribution < 1.29 is 18.7 Å². The molecule has 1 heterocycles. The molecule has 0 aliphatic heterocycles. The van der Waals surface area contributed by atoms with Crippen molar-refractivity contribution in [1.29, 1.82) is 5.26 Å². The molecule has 0 saturated heterocycles. The minimum absolute atomic E-state index is 0.0909. The van der Waals surface area contributed by atoms with E-state index in [4.69, 9.17) is 14.4 Å². The molecule has 0 aliphatic rings. The van der Waals surface area contributed by atoms with E-state index in [1.165, 1.54) is 12.1 Å². The highest BCUT2D eigenvalue weighted by molar-refractivity contribution is 5.93. The number of nitriles is 1. The van der Waals surface area contributed by atoms with Crippen LogP contribution in [0.25, 0.3) is 11.3 Å². The summed E-state index contributed by atoms with van der Waals surface area (Å²) < 4.78 is 10.8. The fourth-order valence-electron chi connectivity index (χ4n) is 2.29. The highest BCUT2D eigenvalue weighted by atomic mass is 16.5. The highest BCUT2D eigenvalue weighted by Gasteiger charge is 2.11. The van der Waals surface area contributed by atoms with Crippen molar-refractivity contribution in [3.8, 4) is 17.4 Å². The summed E-state index contributed by atoms with van der Waals surface area (Å²) in [4.78, 5) is 27.6. The molecule has 0 aliphatic carbocycles. The molecule has 0 radical (unpaired) electrons. The minimum atomic E-state index is -0.538. The van der Waals surface area contributed by atoms with Crippen LogP contribution in [0.2, 0.25) is 0 Å². The van der Waals surface area contributed by atoms with Crippen LogP contribution in [0.15, 0.2) is 65.2 Å². The lowest BCUT2D eigenvalue weighted by Crippen LogP contribution is -2.10. The van der Waals surface area contributed by atoms with Crippen molar-refractivity contribution in [3.63, 3.8) is 0 Å². The molecule has 3 aromatic rings. The number of carbonyl (C=O) groups excluding carboxylic acids is 2. The number of ether oxygens (including phenoxy) is 1. The second-order valence-corrected chi connectivity index (χ2v) is 5.52. The lowest BCUT2D eigenvalue weighted by atomic mass is 10.2. The maximum atomic E-state index is 12.1. The molecule has 0 unspecified atom stereocenters. The Labute approximate surface area is 155 Å². The molecule has 134 valence electrons. The molecule has 7 nitrogen and oxygen atoms in total. The lowest BCUT2D eigenvalue weighted by Gasteiger charge is -2.05. The van der Waals surface area contributed by atoms with Gasteiger partial charge in [0.2, 0.25) is 11.8 Å². The Balaban J connectivity index is 1.56. The van der Waals surface area contributed by atoms with Gasteiger partial charge in [-0.05, 0) is 24.3 Å². The number of hydrogen-bond donors (Lipinski definition) is 1. The zero-order chi connectivity index (χ0) is 19.1. The van der Waals surface area contributed by atoms with E-state index in [1.54, 1.807) is 24.4 Å². The van der Waals surface area contributed by atoms with Gasteiger partial charge >= 0.3 is 5.97 Å². The van der Waals surface area contributed by atoms with E-state index in [0.717, 1.165) is 5.56 Å². The summed E-state index contributed by atoms with van der Waals surface area (Å²) in [7, 11) is 0. The summed E-state index contributed by atoms with van der Waals surface area (Å²) in [5.74, 6) is -0.0583. The second kappa shape index (κ2) is 8.45. The Morgan fingerprint density at radius 2 is 1.85 bits per heavy atom. The van der Waals surface area contributed by atoms with E-state index in [9.17, 15) is 9.59 Å². The third-order valence-electron chi connectivity index (χ3n) is 3.58. The normalized spacial score (nSPS) is 10.0. The third-order valence-corrected chi connectivity index (χ3v) is 3.58. The summed E-state index contributed by atoms with van der Waals surface area (Å²) in [6.45, 7) is -0.0909. The SMILES string of the molecule is N#CCC(=O)Nc1ccc(C(=O)OCc2ncc(-c3ccccc3)o2)cc1. The zero-order valence-corrected chi connectivity index (χ0v) is 14.2. The largest absolute Gasteiger partial charge is 0.452 e. The second-order valence-electron chi connectivity index (χ2n) is 5.52. The van der Waals surface area contributed by atoms with E-state index in [0.29, 0.717) is 22.9 Å². The number of nitrogens with one attached hydrogen (secondary N) is 1. The summed E-state index contributed by atoms with van der Waals surface area (Å²) in [6.07, 6.45) is 1.35. The van der Waals surface area contributed by atoms with Crippen molar-refractivity contribution in [2.75, 3.05) is 5.32 Å². The van der Waals surface area contributed by atoms with Crippen LogP contribution in [-0.2, 0) is 16.1 Å². The molecular weight excluding hydrogens is 346 g/mol. The molecule has 0 atom stereocenters. The number of nitrogens with zero attached hydrogens (tertiary/aromatic N) is 2. The smallest absolute Gasteiger partial charge is 0.338 e. The number of anilines is 1. The lowest BCUT2D eigenvalue weighted by molar-refractivity contribution is -0.115. The molecule has 1 aromatic heterocycles. The predicted molar refractivity (Wildman–Crippen MR) is 96.4 cm³/mol. The van der Waals surface area contributed by atoms with E-state index in [2.05, 4.69) is 10.3 Å². The number of oxazole rings is 1.